The number of amides is 4. The number of rotatable bonds is 5. The SMILES string of the molecule is CC(C)(C)OC(=O)N1CCN(CC(=O)Nc2cccc(NC3CCC(=O)NC3=O)c2)[C@@H](C(F)(F)F)C1. The Hall–Kier alpha value is -3.35. The van der Waals surface area contributed by atoms with Crippen molar-refractivity contribution in [2.24, 2.45) is 0 Å². The third-order valence-corrected chi connectivity index (χ3v) is 5.59. The zero-order valence-electron chi connectivity index (χ0n) is 20.3. The molecule has 1 aromatic rings. The fourth-order valence-corrected chi connectivity index (χ4v) is 3.92. The molecule has 2 atom stereocenters. The van der Waals surface area contributed by atoms with Gasteiger partial charge in [0.25, 0.3) is 0 Å². The molecule has 0 bridgehead atoms. The Balaban J connectivity index is 1.60. The molecule has 2 heterocycles. The van der Waals surface area contributed by atoms with Crippen LogP contribution in [0.2, 0.25) is 0 Å². The Morgan fingerprint density at radius 1 is 1.14 bits per heavy atom. The molecule has 3 N–H and O–H groups in total. The number of hydrogen-bond acceptors (Lipinski definition) is 7. The van der Waals surface area contributed by atoms with E-state index in [9.17, 15) is 32.3 Å². The highest BCUT2D eigenvalue weighted by atomic mass is 19.4. The lowest BCUT2D eigenvalue weighted by Crippen LogP contribution is -2.61. The number of nitrogens with one attached hydrogen (secondary N) is 3. The monoisotopic (exact) mass is 513 g/mol. The van der Waals surface area contributed by atoms with Crippen LogP contribution in [0.25, 0.3) is 0 Å². The van der Waals surface area contributed by atoms with Crippen LogP contribution in [0, 0.1) is 0 Å². The maximum Gasteiger partial charge on any atom is 0.410 e. The molecule has 0 aliphatic carbocycles. The lowest BCUT2D eigenvalue weighted by atomic mass is 10.1. The minimum atomic E-state index is -4.66. The summed E-state index contributed by atoms with van der Waals surface area (Å²) in [6.07, 6.45) is -4.98. The Kier molecular flexibility index (Phi) is 8.12. The molecule has 36 heavy (non-hydrogen) atoms. The van der Waals surface area contributed by atoms with Crippen molar-refractivity contribution in [1.82, 2.24) is 15.1 Å². The summed E-state index contributed by atoms with van der Waals surface area (Å²) in [6.45, 7) is 3.54. The molecule has 2 aliphatic rings. The molecule has 198 valence electrons. The fourth-order valence-electron chi connectivity index (χ4n) is 3.92. The van der Waals surface area contributed by atoms with Gasteiger partial charge in [-0.3, -0.25) is 24.6 Å². The van der Waals surface area contributed by atoms with Gasteiger partial charge in [-0.05, 0) is 45.4 Å². The fraction of sp³-hybridized carbons (Fsp3) is 0.565. The van der Waals surface area contributed by atoms with Crippen molar-refractivity contribution in [3.05, 3.63) is 24.3 Å². The van der Waals surface area contributed by atoms with Crippen molar-refractivity contribution < 1.29 is 37.1 Å². The van der Waals surface area contributed by atoms with Gasteiger partial charge in [-0.25, -0.2) is 4.79 Å². The quantitative estimate of drug-likeness (QED) is 0.517. The number of imide groups is 1. The third kappa shape index (κ3) is 7.57. The Labute approximate surface area is 206 Å². The summed E-state index contributed by atoms with van der Waals surface area (Å²) in [5.74, 6) is -1.46. The number of piperidine rings is 1. The lowest BCUT2D eigenvalue weighted by molar-refractivity contribution is -0.195. The molecule has 3 rings (SSSR count). The number of piperazine rings is 1. The number of carbonyl (C=O) groups excluding carboxylic acids is 4. The standard InChI is InChI=1S/C23H30F3N5O5/c1-22(2,3)36-21(35)31-10-9-30(17(12-31)23(24,25)26)13-19(33)28-15-6-4-5-14(11-15)27-16-7-8-18(32)29-20(16)34/h4-6,11,16-17,27H,7-10,12-13H2,1-3H3,(H,28,33)(H,29,32,34)/t16?,17-/m1/s1. The van der Waals surface area contributed by atoms with Gasteiger partial charge in [-0.15, -0.1) is 0 Å². The second-order valence-corrected chi connectivity index (χ2v) is 9.73. The van der Waals surface area contributed by atoms with Gasteiger partial charge >= 0.3 is 12.3 Å². The summed E-state index contributed by atoms with van der Waals surface area (Å²) in [4.78, 5) is 50.1. The van der Waals surface area contributed by atoms with Crippen molar-refractivity contribution in [3.63, 3.8) is 0 Å². The molecule has 2 saturated heterocycles. The van der Waals surface area contributed by atoms with E-state index in [0.29, 0.717) is 17.8 Å². The number of anilines is 2. The molecule has 2 aliphatic heterocycles. The van der Waals surface area contributed by atoms with E-state index in [-0.39, 0.29) is 25.4 Å². The highest BCUT2D eigenvalue weighted by molar-refractivity contribution is 6.01. The van der Waals surface area contributed by atoms with Crippen LogP contribution >= 0.6 is 0 Å². The molecule has 10 nitrogen and oxygen atoms in total. The zero-order chi connectivity index (χ0) is 26.7. The van der Waals surface area contributed by atoms with E-state index in [1.165, 1.54) is 0 Å². The molecule has 0 aromatic heterocycles. The second-order valence-electron chi connectivity index (χ2n) is 9.73. The average Bonchev–Trinajstić information content (AvgIpc) is 2.74. The van der Waals surface area contributed by atoms with E-state index in [1.54, 1.807) is 45.0 Å². The van der Waals surface area contributed by atoms with Gasteiger partial charge < -0.3 is 20.3 Å². The first-order valence-corrected chi connectivity index (χ1v) is 11.5. The first-order chi connectivity index (χ1) is 16.7. The van der Waals surface area contributed by atoms with Crippen LogP contribution in [0.5, 0.6) is 0 Å². The molecule has 0 radical (unpaired) electrons. The molecule has 0 saturated carbocycles. The van der Waals surface area contributed by atoms with Gasteiger partial charge in [0.15, 0.2) is 0 Å². The molecule has 4 amide bonds. The normalized spacial score (nSPS) is 21.6. The highest BCUT2D eigenvalue weighted by Gasteiger charge is 2.48. The zero-order valence-corrected chi connectivity index (χ0v) is 20.3. The Morgan fingerprint density at radius 2 is 1.83 bits per heavy atom. The second kappa shape index (κ2) is 10.7. The van der Waals surface area contributed by atoms with Crippen LogP contribution in [0.1, 0.15) is 33.6 Å². The molecule has 1 aromatic carbocycles. The van der Waals surface area contributed by atoms with Gasteiger partial charge in [-0.2, -0.15) is 13.2 Å². The van der Waals surface area contributed by atoms with Gasteiger partial charge in [0.2, 0.25) is 17.7 Å². The molecule has 2 fully saturated rings. The van der Waals surface area contributed by atoms with Gasteiger partial charge in [0.05, 0.1) is 6.54 Å². The van der Waals surface area contributed by atoms with Crippen LogP contribution in [0.3, 0.4) is 0 Å². The van der Waals surface area contributed by atoms with Crippen LogP contribution in [-0.2, 0) is 19.1 Å². The number of ether oxygens (including phenoxy) is 1. The van der Waals surface area contributed by atoms with Crippen molar-refractivity contribution >= 4 is 35.2 Å². The van der Waals surface area contributed by atoms with Crippen LogP contribution in [0.4, 0.5) is 29.3 Å². The minimum absolute atomic E-state index is 0.0138. The number of benzene rings is 1. The van der Waals surface area contributed by atoms with E-state index < -0.39 is 54.9 Å². The van der Waals surface area contributed by atoms with Crippen LogP contribution in [0.15, 0.2) is 24.3 Å². The average molecular weight is 514 g/mol. The smallest absolute Gasteiger partial charge is 0.410 e. The summed E-state index contributed by atoms with van der Waals surface area (Å²) in [5, 5.41) is 7.79. The topological polar surface area (TPSA) is 120 Å². The molecular formula is C23H30F3N5O5. The number of hydrogen-bond donors (Lipinski definition) is 3. The predicted molar refractivity (Wildman–Crippen MR) is 124 cm³/mol. The molecule has 13 heteroatoms. The largest absolute Gasteiger partial charge is 0.444 e. The minimum Gasteiger partial charge on any atom is -0.444 e. The summed E-state index contributed by atoms with van der Waals surface area (Å²) < 4.78 is 46.5. The van der Waals surface area contributed by atoms with E-state index >= 15 is 0 Å². The highest BCUT2D eigenvalue weighted by Crippen LogP contribution is 2.29. The first kappa shape index (κ1) is 27.2. The maximum absolute atomic E-state index is 13.8. The Morgan fingerprint density at radius 3 is 2.47 bits per heavy atom. The number of halogens is 3. The number of carbonyl (C=O) groups is 4. The van der Waals surface area contributed by atoms with Crippen molar-refractivity contribution in [1.29, 1.82) is 0 Å². The summed E-state index contributed by atoms with van der Waals surface area (Å²) in [7, 11) is 0. The van der Waals surface area contributed by atoms with E-state index in [4.69, 9.17) is 4.74 Å². The summed E-state index contributed by atoms with van der Waals surface area (Å²) >= 11 is 0. The van der Waals surface area contributed by atoms with E-state index in [1.807, 2.05) is 0 Å². The van der Waals surface area contributed by atoms with E-state index in [0.717, 1.165) is 9.80 Å². The summed E-state index contributed by atoms with van der Waals surface area (Å²) in [5.41, 5.74) is -0.0154. The van der Waals surface area contributed by atoms with Crippen molar-refractivity contribution in [2.45, 2.75) is 57.5 Å². The maximum atomic E-state index is 13.8. The van der Waals surface area contributed by atoms with Crippen molar-refractivity contribution in [3.8, 4) is 0 Å². The van der Waals surface area contributed by atoms with Gasteiger partial charge in [-0.1, -0.05) is 6.07 Å². The van der Waals surface area contributed by atoms with E-state index in [2.05, 4.69) is 16.0 Å². The predicted octanol–water partition coefficient (Wildman–Crippen LogP) is 2.33. The Bertz CT molecular complexity index is 1010. The van der Waals surface area contributed by atoms with Gasteiger partial charge in [0, 0.05) is 37.4 Å². The van der Waals surface area contributed by atoms with Crippen LogP contribution < -0.4 is 16.0 Å². The lowest BCUT2D eigenvalue weighted by Gasteiger charge is -2.41. The summed E-state index contributed by atoms with van der Waals surface area (Å²) in [6, 6.07) is 3.74. The molecular weight excluding hydrogens is 483 g/mol. The number of alkyl halides is 3. The molecule has 1 unspecified atom stereocenters. The van der Waals surface area contributed by atoms with Crippen LogP contribution in [-0.4, -0.2) is 83.7 Å². The van der Waals surface area contributed by atoms with Crippen molar-refractivity contribution in [2.75, 3.05) is 36.8 Å². The first-order valence-electron chi connectivity index (χ1n) is 11.5. The van der Waals surface area contributed by atoms with Gasteiger partial charge in [0.1, 0.15) is 17.7 Å². The molecule has 0 spiro atoms. The third-order valence-electron chi connectivity index (χ3n) is 5.59. The number of nitrogens with zero attached hydrogens (tertiary/aromatic N) is 2.